The Morgan fingerprint density at radius 3 is 2.77 bits per heavy atom. The molecule has 3 rings (SSSR count). The van der Waals surface area contributed by atoms with Crippen LogP contribution >= 0.6 is 0 Å². The fourth-order valence-corrected chi connectivity index (χ4v) is 4.54. The second-order valence-corrected chi connectivity index (χ2v) is 7.71. The molecule has 0 aromatic heterocycles. The molecule has 0 bridgehead atoms. The molecule has 0 spiro atoms. The second-order valence-electron chi connectivity index (χ2n) is 7.71. The van der Waals surface area contributed by atoms with Gasteiger partial charge in [0.05, 0.1) is 6.04 Å². The first-order chi connectivity index (χ1) is 10.7. The van der Waals surface area contributed by atoms with Crippen LogP contribution in [0.2, 0.25) is 0 Å². The van der Waals surface area contributed by atoms with E-state index in [-0.39, 0.29) is 0 Å². The molecule has 0 saturated heterocycles. The molecule has 1 heteroatoms. The Morgan fingerprint density at radius 1 is 1.36 bits per heavy atom. The largest absolute Gasteiger partial charge is 0.365 e. The molecule has 0 aromatic carbocycles. The molecule has 0 aromatic rings. The molecule has 122 valence electrons. The van der Waals surface area contributed by atoms with Crippen LogP contribution in [0, 0.1) is 17.8 Å². The van der Waals surface area contributed by atoms with Crippen molar-refractivity contribution >= 4 is 0 Å². The Morgan fingerprint density at radius 2 is 2.14 bits per heavy atom. The van der Waals surface area contributed by atoms with Crippen LogP contribution in [0.25, 0.3) is 0 Å². The summed E-state index contributed by atoms with van der Waals surface area (Å²) in [4.78, 5) is 2.79. The first-order valence-electron chi connectivity index (χ1n) is 9.47. The second kappa shape index (κ2) is 6.64. The van der Waals surface area contributed by atoms with E-state index in [0.29, 0.717) is 23.9 Å². The van der Waals surface area contributed by atoms with Crippen molar-refractivity contribution in [2.45, 2.75) is 77.8 Å². The number of hydrogen-bond donors (Lipinski definition) is 0. The Bertz CT molecular complexity index is 468. The summed E-state index contributed by atoms with van der Waals surface area (Å²) in [6.45, 7) is 11.4. The van der Waals surface area contributed by atoms with Crippen LogP contribution in [0.4, 0.5) is 0 Å². The molecular formula is C21H33N. The summed E-state index contributed by atoms with van der Waals surface area (Å²) < 4.78 is 0. The fourth-order valence-electron chi connectivity index (χ4n) is 4.54. The predicted molar refractivity (Wildman–Crippen MR) is 95.6 cm³/mol. The molecule has 1 nitrogen and oxygen atoms in total. The molecule has 0 amide bonds. The number of hydrogen-bond acceptors (Lipinski definition) is 1. The number of nitrogens with zero attached hydrogens (tertiary/aromatic N) is 1. The van der Waals surface area contributed by atoms with Crippen LogP contribution in [-0.4, -0.2) is 17.0 Å². The van der Waals surface area contributed by atoms with Crippen molar-refractivity contribution in [2.75, 3.05) is 0 Å². The lowest BCUT2D eigenvalue weighted by Crippen LogP contribution is -2.50. The van der Waals surface area contributed by atoms with Crippen LogP contribution in [0.1, 0.15) is 65.7 Å². The molecule has 1 aliphatic heterocycles. The van der Waals surface area contributed by atoms with Crippen LogP contribution in [-0.2, 0) is 0 Å². The molecule has 22 heavy (non-hydrogen) atoms. The number of allylic oxidation sites excluding steroid dienone is 4. The summed E-state index contributed by atoms with van der Waals surface area (Å²) >= 11 is 0. The highest BCUT2D eigenvalue weighted by molar-refractivity contribution is 5.35. The maximum Gasteiger partial charge on any atom is 0.0502 e. The zero-order chi connectivity index (χ0) is 15.7. The molecule has 1 heterocycles. The lowest BCUT2D eigenvalue weighted by atomic mass is 9.75. The fraction of sp³-hybridized carbons (Fsp3) is 0.714. The Balaban J connectivity index is 1.90. The minimum atomic E-state index is 0.518. The average molecular weight is 300 g/mol. The number of rotatable bonds is 6. The standard InChI is InChI=1S/C21H33N/c1-5-18(14-13-17-11-12-17)22-20(6-2)16(4)15(3)19-9-7-8-10-21(19)22/h6-7,9,15-18,20H,2,5,8,10-14H2,1,3-4H3. The first-order valence-corrected chi connectivity index (χ1v) is 9.47. The summed E-state index contributed by atoms with van der Waals surface area (Å²) in [5, 5.41) is 0. The summed E-state index contributed by atoms with van der Waals surface area (Å²) in [7, 11) is 0. The SMILES string of the molecule is C=CC1C(C)C(C)C2=C(CCC=C2)N1C(CC)CCC1CC1. The monoisotopic (exact) mass is 299 g/mol. The third-order valence-corrected chi connectivity index (χ3v) is 6.34. The van der Waals surface area contributed by atoms with Crippen molar-refractivity contribution in [2.24, 2.45) is 17.8 Å². The van der Waals surface area contributed by atoms with E-state index in [4.69, 9.17) is 0 Å². The molecule has 0 radical (unpaired) electrons. The van der Waals surface area contributed by atoms with E-state index in [0.717, 1.165) is 5.92 Å². The third-order valence-electron chi connectivity index (χ3n) is 6.34. The molecule has 2 aliphatic carbocycles. The summed E-state index contributed by atoms with van der Waals surface area (Å²) in [5.74, 6) is 2.36. The normalized spacial score (nSPS) is 32.9. The Kier molecular flexibility index (Phi) is 4.80. The highest BCUT2D eigenvalue weighted by atomic mass is 15.2. The van der Waals surface area contributed by atoms with Crippen molar-refractivity contribution in [3.8, 4) is 0 Å². The van der Waals surface area contributed by atoms with E-state index in [1.54, 1.807) is 11.3 Å². The van der Waals surface area contributed by atoms with Crippen molar-refractivity contribution in [3.63, 3.8) is 0 Å². The molecule has 0 N–H and O–H groups in total. The zero-order valence-corrected chi connectivity index (χ0v) is 14.7. The molecular weight excluding hydrogens is 266 g/mol. The smallest absolute Gasteiger partial charge is 0.0502 e. The van der Waals surface area contributed by atoms with Crippen molar-refractivity contribution in [3.05, 3.63) is 36.1 Å². The van der Waals surface area contributed by atoms with Crippen LogP contribution in [0.3, 0.4) is 0 Å². The van der Waals surface area contributed by atoms with Crippen LogP contribution in [0.15, 0.2) is 36.1 Å². The van der Waals surface area contributed by atoms with E-state index >= 15 is 0 Å². The van der Waals surface area contributed by atoms with Gasteiger partial charge in [-0.1, -0.05) is 51.8 Å². The first kappa shape index (κ1) is 15.9. The van der Waals surface area contributed by atoms with Crippen LogP contribution < -0.4 is 0 Å². The predicted octanol–water partition coefficient (Wildman–Crippen LogP) is 5.70. The van der Waals surface area contributed by atoms with Gasteiger partial charge in [-0.25, -0.2) is 0 Å². The van der Waals surface area contributed by atoms with Crippen LogP contribution in [0.5, 0.6) is 0 Å². The van der Waals surface area contributed by atoms with Crippen molar-refractivity contribution < 1.29 is 0 Å². The summed E-state index contributed by atoms with van der Waals surface area (Å²) in [6, 6.07) is 1.22. The molecule has 1 saturated carbocycles. The van der Waals surface area contributed by atoms with Gasteiger partial charge in [0.1, 0.15) is 0 Å². The lowest BCUT2D eigenvalue weighted by molar-refractivity contribution is 0.112. The van der Waals surface area contributed by atoms with Gasteiger partial charge in [0.2, 0.25) is 0 Å². The maximum atomic E-state index is 4.20. The Hall–Kier alpha value is -0.980. The molecule has 1 fully saturated rings. The lowest BCUT2D eigenvalue weighted by Gasteiger charge is -2.50. The Labute approximate surface area is 137 Å². The molecule has 4 atom stereocenters. The average Bonchev–Trinajstić information content (AvgIpc) is 3.37. The topological polar surface area (TPSA) is 3.24 Å². The summed E-state index contributed by atoms with van der Waals surface area (Å²) in [5.41, 5.74) is 3.25. The van der Waals surface area contributed by atoms with E-state index < -0.39 is 0 Å². The minimum Gasteiger partial charge on any atom is -0.365 e. The maximum absolute atomic E-state index is 4.20. The van der Waals surface area contributed by atoms with Gasteiger partial charge >= 0.3 is 0 Å². The van der Waals surface area contributed by atoms with E-state index in [9.17, 15) is 0 Å². The highest BCUT2D eigenvalue weighted by Gasteiger charge is 2.39. The molecule has 4 unspecified atom stereocenters. The van der Waals surface area contributed by atoms with Gasteiger partial charge in [-0.15, -0.1) is 6.58 Å². The van der Waals surface area contributed by atoms with Gasteiger partial charge in [-0.2, -0.15) is 0 Å². The highest BCUT2D eigenvalue weighted by Crippen LogP contribution is 2.43. The van der Waals surface area contributed by atoms with Gasteiger partial charge in [-0.05, 0) is 55.4 Å². The van der Waals surface area contributed by atoms with Gasteiger partial charge in [0.25, 0.3) is 0 Å². The van der Waals surface area contributed by atoms with Gasteiger partial charge in [0.15, 0.2) is 0 Å². The quantitative estimate of drug-likeness (QED) is 0.568. The zero-order valence-electron chi connectivity index (χ0n) is 14.7. The van der Waals surface area contributed by atoms with E-state index in [1.807, 2.05) is 0 Å². The van der Waals surface area contributed by atoms with Gasteiger partial charge < -0.3 is 4.90 Å². The van der Waals surface area contributed by atoms with Crippen molar-refractivity contribution in [1.82, 2.24) is 4.90 Å². The third kappa shape index (κ3) is 2.92. The van der Waals surface area contributed by atoms with Gasteiger partial charge in [-0.3, -0.25) is 0 Å². The van der Waals surface area contributed by atoms with Gasteiger partial charge in [0, 0.05) is 11.7 Å². The van der Waals surface area contributed by atoms with E-state index in [1.165, 1.54) is 44.9 Å². The summed E-state index contributed by atoms with van der Waals surface area (Å²) in [6.07, 6.45) is 16.5. The minimum absolute atomic E-state index is 0.518. The van der Waals surface area contributed by atoms with E-state index in [2.05, 4.69) is 50.5 Å². The molecule has 3 aliphatic rings. The van der Waals surface area contributed by atoms with Crippen molar-refractivity contribution in [1.29, 1.82) is 0 Å².